The van der Waals surface area contributed by atoms with Crippen LogP contribution in [0.2, 0.25) is 0 Å². The van der Waals surface area contributed by atoms with Gasteiger partial charge in [-0.25, -0.2) is 15.0 Å². The van der Waals surface area contributed by atoms with Gasteiger partial charge in [0.15, 0.2) is 11.0 Å². The molecule has 2 unspecified atom stereocenters. The summed E-state index contributed by atoms with van der Waals surface area (Å²) in [5, 5.41) is 7.42. The molecule has 0 amide bonds. The number of nitrogens with one attached hydrogen (secondary N) is 2. The van der Waals surface area contributed by atoms with Crippen molar-refractivity contribution in [3.8, 4) is 11.5 Å². The molecule has 1 aromatic carbocycles. The first kappa shape index (κ1) is 22.7. The molecule has 1 aliphatic rings. The number of hydrogen-bond donors (Lipinski definition) is 2. The van der Waals surface area contributed by atoms with Crippen LogP contribution >= 0.6 is 41.1 Å². The number of hydrazone groups is 1. The highest BCUT2D eigenvalue weighted by molar-refractivity contribution is 8.66. The third-order valence-corrected chi connectivity index (χ3v) is 8.95. The van der Waals surface area contributed by atoms with Gasteiger partial charge in [-0.3, -0.25) is 15.1 Å². The molecule has 1 aromatic heterocycles. The van der Waals surface area contributed by atoms with E-state index < -0.39 is 12.3 Å². The Hall–Kier alpha value is -2.00. The maximum Gasteiger partial charge on any atom is 0.261 e. The Labute approximate surface area is 187 Å². The van der Waals surface area contributed by atoms with Crippen LogP contribution in [0.3, 0.4) is 0 Å². The summed E-state index contributed by atoms with van der Waals surface area (Å²) in [5.74, 6) is 0.881. The maximum absolute atomic E-state index is 14.0. The highest BCUT2D eigenvalue weighted by atomic mass is 35.5. The van der Waals surface area contributed by atoms with Crippen molar-refractivity contribution in [2.75, 3.05) is 31.1 Å². The normalized spacial score (nSPS) is 20.3. The second-order valence-corrected chi connectivity index (χ2v) is 11.0. The van der Waals surface area contributed by atoms with Gasteiger partial charge in [0, 0.05) is 35.4 Å². The first-order valence-electron chi connectivity index (χ1n) is 8.60. The maximum atomic E-state index is 14.0. The Morgan fingerprint density at radius 3 is 2.60 bits per heavy atom. The molecule has 0 fully saturated rings. The zero-order chi connectivity index (χ0) is 21.6. The number of hydrogen-bond acceptors (Lipinski definition) is 9. The summed E-state index contributed by atoms with van der Waals surface area (Å²) in [4.78, 5) is 12.8. The van der Waals surface area contributed by atoms with Crippen LogP contribution in [0, 0.1) is 0 Å². The van der Waals surface area contributed by atoms with Crippen molar-refractivity contribution >= 4 is 57.9 Å². The number of rotatable bonds is 8. The van der Waals surface area contributed by atoms with Crippen molar-refractivity contribution in [2.24, 2.45) is 10.1 Å². The van der Waals surface area contributed by atoms with Gasteiger partial charge in [-0.2, -0.15) is 5.10 Å². The molecule has 0 spiro atoms. The van der Waals surface area contributed by atoms with Crippen molar-refractivity contribution in [3.63, 3.8) is 0 Å². The number of benzene rings is 1. The van der Waals surface area contributed by atoms with Crippen molar-refractivity contribution in [1.29, 1.82) is 0 Å². The number of ether oxygens (including phenoxy) is 2. The first-order chi connectivity index (χ1) is 14.5. The molecule has 2 N–H and O–H groups in total. The molecule has 0 aliphatic carbocycles. The highest BCUT2D eigenvalue weighted by Gasteiger charge is 2.44. The van der Waals surface area contributed by atoms with E-state index in [-0.39, 0.29) is 17.7 Å². The van der Waals surface area contributed by atoms with E-state index in [1.807, 2.05) is 0 Å². The van der Waals surface area contributed by atoms with Gasteiger partial charge in [-0.15, -0.1) is 23.2 Å². The molecule has 0 saturated heterocycles. The average Bonchev–Trinajstić information content (AvgIpc) is 3.10. The van der Waals surface area contributed by atoms with Crippen LogP contribution in [-0.4, -0.2) is 46.8 Å². The molecule has 1 aliphatic heterocycles. The highest BCUT2D eigenvalue weighted by Crippen LogP contribution is 2.73. The molecule has 13 heteroatoms. The molecule has 2 atom stereocenters. The lowest BCUT2D eigenvalue weighted by molar-refractivity contribution is 0.390. The fourth-order valence-corrected chi connectivity index (χ4v) is 7.21. The van der Waals surface area contributed by atoms with E-state index in [0.717, 1.165) is 11.4 Å². The number of halogens is 2. The van der Waals surface area contributed by atoms with Gasteiger partial charge in [0.05, 0.1) is 31.7 Å². The lowest BCUT2D eigenvalue weighted by Gasteiger charge is -2.21. The predicted molar refractivity (Wildman–Crippen MR) is 123 cm³/mol. The number of amidine groups is 1. The monoisotopic (exact) mass is 488 g/mol. The Morgan fingerprint density at radius 1 is 1.23 bits per heavy atom. The van der Waals surface area contributed by atoms with E-state index in [1.54, 1.807) is 43.8 Å². The quantitative estimate of drug-likeness (QED) is 0.244. The van der Waals surface area contributed by atoms with Crippen molar-refractivity contribution in [3.05, 3.63) is 42.2 Å². The van der Waals surface area contributed by atoms with E-state index in [1.165, 1.54) is 7.11 Å². The van der Waals surface area contributed by atoms with Crippen molar-refractivity contribution in [2.45, 2.75) is 5.78 Å². The van der Waals surface area contributed by atoms with Gasteiger partial charge >= 0.3 is 0 Å². The Morgan fingerprint density at radius 2 is 1.97 bits per heavy atom. The van der Waals surface area contributed by atoms with E-state index in [0.29, 0.717) is 27.9 Å². The van der Waals surface area contributed by atoms with Gasteiger partial charge in [0.25, 0.3) is 6.49 Å². The fourth-order valence-electron chi connectivity index (χ4n) is 2.53. The van der Waals surface area contributed by atoms with Gasteiger partial charge in [-0.05, 0) is 18.2 Å². The number of alkyl halides is 2. The van der Waals surface area contributed by atoms with Crippen LogP contribution in [0.15, 0.2) is 46.8 Å². The van der Waals surface area contributed by atoms with Crippen LogP contribution in [-0.2, 0) is 4.57 Å². The molecule has 0 saturated carbocycles. The molecule has 160 valence electrons. The SMILES string of the molecule is COc1ccc(C2N=C(NN=C(CCl)CCl)SP2(=O)Nc2ncccn2)c(OC)c1. The molecular formula is C17H19Cl2N6O3PS. The first-order valence-corrected chi connectivity index (χ1v) is 12.9. The lowest BCUT2D eigenvalue weighted by atomic mass is 10.2. The second kappa shape index (κ2) is 10.3. The van der Waals surface area contributed by atoms with Crippen LogP contribution in [0.4, 0.5) is 5.95 Å². The summed E-state index contributed by atoms with van der Waals surface area (Å²) in [6.07, 6.45) is 3.12. The van der Waals surface area contributed by atoms with E-state index >= 15 is 0 Å². The van der Waals surface area contributed by atoms with Crippen LogP contribution in [0.5, 0.6) is 11.5 Å². The third-order valence-electron chi connectivity index (χ3n) is 3.94. The number of aromatic nitrogens is 2. The van der Waals surface area contributed by atoms with E-state index in [4.69, 9.17) is 32.7 Å². The van der Waals surface area contributed by atoms with Gasteiger partial charge in [0.1, 0.15) is 11.5 Å². The number of aliphatic imine (C=N–C) groups is 1. The summed E-state index contributed by atoms with van der Waals surface area (Å²) < 4.78 is 24.7. The second-order valence-electron chi connectivity index (χ2n) is 5.85. The molecule has 2 aromatic rings. The molecule has 30 heavy (non-hydrogen) atoms. The zero-order valence-electron chi connectivity index (χ0n) is 16.1. The summed E-state index contributed by atoms with van der Waals surface area (Å²) >= 11 is 12.6. The summed E-state index contributed by atoms with van der Waals surface area (Å²) in [6, 6.07) is 6.90. The molecule has 3 rings (SSSR count). The average molecular weight is 489 g/mol. The standard InChI is InChI=1S/C17H19Cl2N6O3PS/c1-27-12-4-5-13(14(8-12)28-2)15-22-17(24-23-11(9-18)10-19)30-29(15,26)25-16-20-6-3-7-21-16/h3-8,15H,9-10H2,1-2H3,(H,22,24)(H,20,21,25,26). The van der Waals surface area contributed by atoms with E-state index in [2.05, 4.69) is 30.6 Å². The van der Waals surface area contributed by atoms with Crippen LogP contribution in [0.1, 0.15) is 11.3 Å². The Balaban J connectivity index is 1.99. The lowest BCUT2D eigenvalue weighted by Crippen LogP contribution is -2.16. The summed E-state index contributed by atoms with van der Waals surface area (Å²) in [7, 11) is 3.09. The fraction of sp³-hybridized carbons (Fsp3) is 0.294. The van der Waals surface area contributed by atoms with Gasteiger partial charge < -0.3 is 9.47 Å². The summed E-state index contributed by atoms with van der Waals surface area (Å²) in [5.41, 5.74) is 3.95. The number of anilines is 1. The smallest absolute Gasteiger partial charge is 0.261 e. The largest absolute Gasteiger partial charge is 0.497 e. The van der Waals surface area contributed by atoms with Crippen LogP contribution < -0.4 is 20.0 Å². The number of nitrogens with zero attached hydrogens (tertiary/aromatic N) is 4. The van der Waals surface area contributed by atoms with Crippen molar-refractivity contribution in [1.82, 2.24) is 15.4 Å². The minimum atomic E-state index is -3.30. The predicted octanol–water partition coefficient (Wildman–Crippen LogP) is 4.32. The zero-order valence-corrected chi connectivity index (χ0v) is 19.3. The third kappa shape index (κ3) is 5.18. The molecule has 9 nitrogen and oxygen atoms in total. The number of methoxy groups -OCH3 is 2. The van der Waals surface area contributed by atoms with Crippen LogP contribution in [0.25, 0.3) is 0 Å². The molecule has 0 bridgehead atoms. The minimum Gasteiger partial charge on any atom is -0.497 e. The molecule has 2 heterocycles. The minimum absolute atomic E-state index is 0.165. The Kier molecular flexibility index (Phi) is 7.82. The topological polar surface area (TPSA) is 110 Å². The van der Waals surface area contributed by atoms with Crippen molar-refractivity contribution < 1.29 is 14.0 Å². The Bertz CT molecular complexity index is 989. The molecule has 0 radical (unpaired) electrons. The van der Waals surface area contributed by atoms with E-state index in [9.17, 15) is 4.57 Å². The van der Waals surface area contributed by atoms with Gasteiger partial charge in [-0.1, -0.05) is 0 Å². The van der Waals surface area contributed by atoms with Gasteiger partial charge in [0.2, 0.25) is 5.95 Å². The summed E-state index contributed by atoms with van der Waals surface area (Å²) in [6.45, 7) is -3.30. The molecular weight excluding hydrogens is 470 g/mol.